The van der Waals surface area contributed by atoms with Crippen molar-refractivity contribution in [1.82, 2.24) is 0 Å². The fourth-order valence-corrected chi connectivity index (χ4v) is 2.96. The highest BCUT2D eigenvalue weighted by molar-refractivity contribution is 6.06. The zero-order valence-electron chi connectivity index (χ0n) is 15.0. The third-order valence-electron chi connectivity index (χ3n) is 4.10. The van der Waals surface area contributed by atoms with Gasteiger partial charge in [0.1, 0.15) is 11.4 Å². The van der Waals surface area contributed by atoms with Gasteiger partial charge in [0.25, 0.3) is 5.91 Å². The Labute approximate surface area is 144 Å². The fourth-order valence-electron chi connectivity index (χ4n) is 2.96. The van der Waals surface area contributed by atoms with Crippen LogP contribution >= 0.6 is 0 Å². The lowest BCUT2D eigenvalue weighted by molar-refractivity contribution is -0.139. The lowest BCUT2D eigenvalue weighted by atomic mass is 9.98. The number of nitrogens with one attached hydrogen (secondary N) is 1. The number of hydrogen-bond acceptors (Lipinski definition) is 3. The first-order valence-corrected chi connectivity index (χ1v) is 8.65. The van der Waals surface area contributed by atoms with Gasteiger partial charge < -0.3 is 14.8 Å². The topological polar surface area (TPSA) is 47.6 Å². The average Bonchev–Trinajstić information content (AvgIpc) is 2.57. The molecule has 2 aromatic carbocycles. The summed E-state index contributed by atoms with van der Waals surface area (Å²) in [7, 11) is 0. The van der Waals surface area contributed by atoms with E-state index in [0.717, 1.165) is 28.6 Å². The Hall–Kier alpha value is -2.07. The van der Waals surface area contributed by atoms with Gasteiger partial charge >= 0.3 is 0 Å². The first-order chi connectivity index (χ1) is 11.6. The van der Waals surface area contributed by atoms with Crippen molar-refractivity contribution in [3.8, 4) is 5.75 Å². The molecule has 0 bridgehead atoms. The van der Waals surface area contributed by atoms with Gasteiger partial charge in [-0.25, -0.2) is 0 Å². The van der Waals surface area contributed by atoms with Gasteiger partial charge in [0.2, 0.25) is 0 Å². The van der Waals surface area contributed by atoms with Gasteiger partial charge in [-0.1, -0.05) is 37.6 Å². The molecule has 0 aliphatic carbocycles. The van der Waals surface area contributed by atoms with Crippen molar-refractivity contribution in [3.63, 3.8) is 0 Å². The zero-order valence-corrected chi connectivity index (χ0v) is 15.0. The van der Waals surface area contributed by atoms with E-state index in [9.17, 15) is 4.79 Å². The molecular weight excluding hydrogens is 302 g/mol. The molecule has 130 valence electrons. The summed E-state index contributed by atoms with van der Waals surface area (Å²) in [6, 6.07) is 11.7. The molecule has 0 radical (unpaired) electrons. The number of carbonyl (C=O) groups is 1. The quantitative estimate of drug-likeness (QED) is 0.758. The van der Waals surface area contributed by atoms with E-state index >= 15 is 0 Å². The highest BCUT2D eigenvalue weighted by atomic mass is 16.5. The van der Waals surface area contributed by atoms with Crippen LogP contribution in [-0.2, 0) is 9.53 Å². The van der Waals surface area contributed by atoms with E-state index in [0.29, 0.717) is 19.6 Å². The minimum Gasteiger partial charge on any atom is -0.493 e. The summed E-state index contributed by atoms with van der Waals surface area (Å²) in [5.41, 5.74) is -0.0375. The van der Waals surface area contributed by atoms with Crippen LogP contribution in [0.3, 0.4) is 0 Å². The molecule has 4 heteroatoms. The number of fused-ring (bicyclic) bond motifs is 1. The molecule has 0 saturated heterocycles. The average molecular weight is 329 g/mol. The molecule has 0 saturated carbocycles. The van der Waals surface area contributed by atoms with Gasteiger partial charge in [-0.3, -0.25) is 4.79 Å². The van der Waals surface area contributed by atoms with E-state index in [2.05, 4.69) is 12.2 Å². The molecule has 0 aliphatic heterocycles. The molecule has 1 N–H and O–H groups in total. The van der Waals surface area contributed by atoms with E-state index in [1.165, 1.54) is 0 Å². The van der Waals surface area contributed by atoms with Crippen molar-refractivity contribution >= 4 is 22.4 Å². The van der Waals surface area contributed by atoms with Gasteiger partial charge in [0.15, 0.2) is 0 Å². The summed E-state index contributed by atoms with van der Waals surface area (Å²) in [6.07, 6.45) is 1.57. The minimum absolute atomic E-state index is 0.111. The number of carbonyl (C=O) groups excluding carboxylic acids is 1. The Kier molecular flexibility index (Phi) is 6.21. The Morgan fingerprint density at radius 3 is 2.38 bits per heavy atom. The van der Waals surface area contributed by atoms with Crippen LogP contribution < -0.4 is 10.1 Å². The number of rotatable bonds is 8. The molecule has 0 fully saturated rings. The molecule has 24 heavy (non-hydrogen) atoms. The molecule has 2 aromatic rings. The smallest absolute Gasteiger partial charge is 0.256 e. The maximum absolute atomic E-state index is 12.8. The number of benzene rings is 2. The van der Waals surface area contributed by atoms with Gasteiger partial charge in [0.05, 0.1) is 6.61 Å². The van der Waals surface area contributed by atoms with E-state index in [-0.39, 0.29) is 5.91 Å². The molecular formula is C20H27NO3. The Morgan fingerprint density at radius 1 is 1.04 bits per heavy atom. The third-order valence-corrected chi connectivity index (χ3v) is 4.10. The van der Waals surface area contributed by atoms with Crippen molar-refractivity contribution < 1.29 is 14.3 Å². The second kappa shape index (κ2) is 8.15. The molecule has 0 unspecified atom stereocenters. The van der Waals surface area contributed by atoms with Crippen LogP contribution in [0, 0.1) is 0 Å². The summed E-state index contributed by atoms with van der Waals surface area (Å²) < 4.78 is 11.4. The van der Waals surface area contributed by atoms with Crippen LogP contribution in [0.2, 0.25) is 0 Å². The lowest BCUT2D eigenvalue weighted by Gasteiger charge is -2.28. The first-order valence-electron chi connectivity index (χ1n) is 8.65. The molecule has 0 aromatic heterocycles. The van der Waals surface area contributed by atoms with E-state index in [1.54, 1.807) is 0 Å². The van der Waals surface area contributed by atoms with Gasteiger partial charge in [-0.05, 0) is 39.3 Å². The maximum Gasteiger partial charge on any atom is 0.256 e. The standard InChI is InChI=1S/C20H27NO3/c1-5-14-20(4,24-7-3)19(22)21-17-12-13-18(23-6-2)16-11-9-8-10-15(16)17/h8-13H,5-7,14H2,1-4H3,(H,21,22)/t20-/m0/s1. The van der Waals surface area contributed by atoms with Crippen molar-refractivity contribution in [2.75, 3.05) is 18.5 Å². The van der Waals surface area contributed by atoms with Crippen LogP contribution in [0.4, 0.5) is 5.69 Å². The van der Waals surface area contributed by atoms with Crippen molar-refractivity contribution in [2.24, 2.45) is 0 Å². The van der Waals surface area contributed by atoms with Crippen LogP contribution in [0.1, 0.15) is 40.5 Å². The number of ether oxygens (including phenoxy) is 2. The van der Waals surface area contributed by atoms with Crippen LogP contribution in [0.25, 0.3) is 10.8 Å². The first kappa shape index (κ1) is 18.3. The predicted molar refractivity (Wildman–Crippen MR) is 98.7 cm³/mol. The van der Waals surface area contributed by atoms with Crippen LogP contribution in [-0.4, -0.2) is 24.7 Å². The molecule has 4 nitrogen and oxygen atoms in total. The summed E-state index contributed by atoms with van der Waals surface area (Å²) >= 11 is 0. The Balaban J connectivity index is 2.36. The molecule has 0 heterocycles. The second-order valence-electron chi connectivity index (χ2n) is 5.96. The second-order valence-corrected chi connectivity index (χ2v) is 5.96. The maximum atomic E-state index is 12.8. The fraction of sp³-hybridized carbons (Fsp3) is 0.450. The van der Waals surface area contributed by atoms with E-state index in [1.807, 2.05) is 57.2 Å². The molecule has 0 aliphatic rings. The number of amides is 1. The van der Waals surface area contributed by atoms with Crippen molar-refractivity contribution in [2.45, 2.75) is 46.1 Å². The van der Waals surface area contributed by atoms with Gasteiger partial charge in [0, 0.05) is 23.1 Å². The molecule has 1 amide bonds. The summed E-state index contributed by atoms with van der Waals surface area (Å²) in [5, 5.41) is 5.00. The van der Waals surface area contributed by atoms with Gasteiger partial charge in [-0.2, -0.15) is 0 Å². The molecule has 0 spiro atoms. The molecule has 2 rings (SSSR count). The largest absolute Gasteiger partial charge is 0.493 e. The normalized spacial score (nSPS) is 13.5. The summed E-state index contributed by atoms with van der Waals surface area (Å²) in [4.78, 5) is 12.8. The highest BCUT2D eigenvalue weighted by Gasteiger charge is 2.33. The number of hydrogen-bond donors (Lipinski definition) is 1. The number of anilines is 1. The Bertz CT molecular complexity index is 690. The predicted octanol–water partition coefficient (Wildman–Crippen LogP) is 4.77. The zero-order chi connectivity index (χ0) is 17.6. The Morgan fingerprint density at radius 2 is 1.75 bits per heavy atom. The van der Waals surface area contributed by atoms with E-state index in [4.69, 9.17) is 9.47 Å². The van der Waals surface area contributed by atoms with Crippen molar-refractivity contribution in [3.05, 3.63) is 36.4 Å². The van der Waals surface area contributed by atoms with Gasteiger partial charge in [-0.15, -0.1) is 0 Å². The van der Waals surface area contributed by atoms with E-state index < -0.39 is 5.60 Å². The molecule has 1 atom stereocenters. The SMILES string of the molecule is CCC[C@](C)(OCC)C(=O)Nc1ccc(OCC)c2ccccc12. The van der Waals surface area contributed by atoms with Crippen LogP contribution in [0.15, 0.2) is 36.4 Å². The summed E-state index contributed by atoms with van der Waals surface area (Å²) in [6.45, 7) is 8.89. The third kappa shape index (κ3) is 3.88. The summed E-state index contributed by atoms with van der Waals surface area (Å²) in [5.74, 6) is 0.716. The lowest BCUT2D eigenvalue weighted by Crippen LogP contribution is -2.42. The highest BCUT2D eigenvalue weighted by Crippen LogP contribution is 2.32. The monoisotopic (exact) mass is 329 g/mol. The minimum atomic E-state index is -0.816. The van der Waals surface area contributed by atoms with Crippen molar-refractivity contribution in [1.29, 1.82) is 0 Å². The van der Waals surface area contributed by atoms with Crippen LogP contribution in [0.5, 0.6) is 5.75 Å².